The molecule has 1 aliphatic carbocycles. The van der Waals surface area contributed by atoms with Crippen LogP contribution in [0, 0.1) is 5.92 Å². The monoisotopic (exact) mass is 338 g/mol. The van der Waals surface area contributed by atoms with Crippen LogP contribution >= 0.6 is 0 Å². The fourth-order valence-electron chi connectivity index (χ4n) is 4.30. The van der Waals surface area contributed by atoms with Crippen molar-refractivity contribution < 1.29 is 4.79 Å². The lowest BCUT2D eigenvalue weighted by Gasteiger charge is -2.35. The number of hydrogen-bond acceptors (Lipinski definition) is 3. The summed E-state index contributed by atoms with van der Waals surface area (Å²) < 4.78 is 2.09. The second kappa shape index (κ2) is 6.64. The molecule has 0 radical (unpaired) electrons. The quantitative estimate of drug-likeness (QED) is 0.858. The highest BCUT2D eigenvalue weighted by Gasteiger charge is 2.31. The summed E-state index contributed by atoms with van der Waals surface area (Å²) in [5, 5.41) is 4.47. The largest absolute Gasteiger partial charge is 0.335 e. The van der Waals surface area contributed by atoms with Crippen LogP contribution in [0.5, 0.6) is 0 Å². The maximum Gasteiger partial charge on any atom is 0.223 e. The third-order valence-electron chi connectivity index (χ3n) is 5.41. The molecule has 0 fully saturated rings. The maximum atomic E-state index is 13.0. The Balaban J connectivity index is 1.43. The van der Waals surface area contributed by atoms with E-state index < -0.39 is 0 Å². The van der Waals surface area contributed by atoms with E-state index in [2.05, 4.69) is 53.0 Å². The van der Waals surface area contributed by atoms with E-state index in [1.165, 1.54) is 11.1 Å². The number of carbonyl (C=O) groups is 1. The number of hydrogen-bond donors (Lipinski definition) is 0. The molecule has 2 aromatic rings. The van der Waals surface area contributed by atoms with Crippen LogP contribution in [-0.2, 0) is 24.2 Å². The number of carbonyl (C=O) groups excluding carboxylic acids is 1. The van der Waals surface area contributed by atoms with Gasteiger partial charge in [-0.05, 0) is 50.0 Å². The molecule has 0 N–H and O–H groups in total. The molecule has 25 heavy (non-hydrogen) atoms. The van der Waals surface area contributed by atoms with Crippen molar-refractivity contribution in [1.29, 1.82) is 0 Å². The first-order valence-electron chi connectivity index (χ1n) is 9.12. The number of nitrogens with zero attached hydrogens (tertiary/aromatic N) is 4. The summed E-state index contributed by atoms with van der Waals surface area (Å²) in [6, 6.07) is 10.9. The van der Waals surface area contributed by atoms with Gasteiger partial charge in [0.1, 0.15) is 0 Å². The molecule has 1 unspecified atom stereocenters. The fourth-order valence-corrected chi connectivity index (χ4v) is 4.30. The minimum Gasteiger partial charge on any atom is -0.335 e. The predicted octanol–water partition coefficient (Wildman–Crippen LogP) is 2.13. The molecule has 132 valence electrons. The Morgan fingerprint density at radius 1 is 1.20 bits per heavy atom. The second-order valence-electron chi connectivity index (χ2n) is 7.70. The Labute approximate surface area is 149 Å². The van der Waals surface area contributed by atoms with Gasteiger partial charge >= 0.3 is 0 Å². The van der Waals surface area contributed by atoms with Gasteiger partial charge in [-0.2, -0.15) is 5.10 Å². The highest BCUT2D eigenvalue weighted by atomic mass is 16.2. The molecule has 1 aromatic heterocycles. The van der Waals surface area contributed by atoms with Crippen molar-refractivity contribution in [1.82, 2.24) is 19.6 Å². The van der Waals surface area contributed by atoms with E-state index >= 15 is 0 Å². The minimum absolute atomic E-state index is 0.235. The average molecular weight is 338 g/mol. The van der Waals surface area contributed by atoms with Crippen molar-refractivity contribution in [2.75, 3.05) is 27.2 Å². The van der Waals surface area contributed by atoms with Crippen LogP contribution in [0.25, 0.3) is 0 Å². The number of fused-ring (bicyclic) bond motifs is 2. The molecule has 0 saturated heterocycles. The molecule has 1 amide bonds. The number of aromatic nitrogens is 2. The molecule has 1 aromatic carbocycles. The summed E-state index contributed by atoms with van der Waals surface area (Å²) in [7, 11) is 4.14. The van der Waals surface area contributed by atoms with Crippen molar-refractivity contribution in [3.05, 3.63) is 53.3 Å². The van der Waals surface area contributed by atoms with E-state index in [9.17, 15) is 4.79 Å². The van der Waals surface area contributed by atoms with E-state index in [4.69, 9.17) is 0 Å². The summed E-state index contributed by atoms with van der Waals surface area (Å²) in [6.45, 7) is 2.33. The van der Waals surface area contributed by atoms with Gasteiger partial charge in [0.25, 0.3) is 0 Å². The summed E-state index contributed by atoms with van der Waals surface area (Å²) in [5.41, 5.74) is 3.98. The number of benzene rings is 1. The first kappa shape index (κ1) is 16.3. The van der Waals surface area contributed by atoms with Gasteiger partial charge in [-0.1, -0.05) is 24.3 Å². The van der Waals surface area contributed by atoms with Crippen LogP contribution in [0.3, 0.4) is 0 Å². The first-order chi connectivity index (χ1) is 12.1. The molecule has 1 atom stereocenters. The summed E-state index contributed by atoms with van der Waals surface area (Å²) in [6.07, 6.45) is 4.57. The fraction of sp³-hybridized carbons (Fsp3) is 0.500. The van der Waals surface area contributed by atoms with Gasteiger partial charge in [0.2, 0.25) is 5.91 Å². The molecular weight excluding hydrogens is 312 g/mol. The minimum atomic E-state index is 0.235. The van der Waals surface area contributed by atoms with Crippen molar-refractivity contribution >= 4 is 5.91 Å². The normalized spacial score (nSPS) is 20.0. The lowest BCUT2D eigenvalue weighted by Crippen LogP contribution is -2.44. The van der Waals surface area contributed by atoms with Crippen LogP contribution in [0.1, 0.15) is 29.3 Å². The molecule has 4 rings (SSSR count). The zero-order chi connectivity index (χ0) is 17.4. The molecule has 5 nitrogen and oxygen atoms in total. The molecule has 5 heteroatoms. The van der Waals surface area contributed by atoms with Crippen LogP contribution in [0.15, 0.2) is 36.5 Å². The molecule has 1 aliphatic heterocycles. The van der Waals surface area contributed by atoms with E-state index in [0.29, 0.717) is 18.9 Å². The molecule has 0 spiro atoms. The van der Waals surface area contributed by atoms with Crippen molar-refractivity contribution in [2.24, 2.45) is 5.92 Å². The van der Waals surface area contributed by atoms with Crippen LogP contribution in [0.4, 0.5) is 0 Å². The van der Waals surface area contributed by atoms with Crippen molar-refractivity contribution in [3.63, 3.8) is 0 Å². The Bertz CT molecular complexity index is 742. The lowest BCUT2D eigenvalue weighted by atomic mass is 10.0. The molecule has 0 saturated carbocycles. The second-order valence-corrected chi connectivity index (χ2v) is 7.70. The Kier molecular flexibility index (Phi) is 4.34. The summed E-state index contributed by atoms with van der Waals surface area (Å²) in [4.78, 5) is 17.2. The van der Waals surface area contributed by atoms with Gasteiger partial charge < -0.3 is 9.80 Å². The van der Waals surface area contributed by atoms with Crippen LogP contribution in [0.2, 0.25) is 0 Å². The first-order valence-corrected chi connectivity index (χ1v) is 9.12. The lowest BCUT2D eigenvalue weighted by molar-refractivity contribution is -0.134. The van der Waals surface area contributed by atoms with Gasteiger partial charge in [0.15, 0.2) is 0 Å². The highest BCUT2D eigenvalue weighted by Crippen LogP contribution is 2.30. The topological polar surface area (TPSA) is 41.4 Å². The maximum absolute atomic E-state index is 13.0. The number of rotatable bonds is 4. The third kappa shape index (κ3) is 3.33. The Morgan fingerprint density at radius 2 is 1.92 bits per heavy atom. The average Bonchev–Trinajstić information content (AvgIpc) is 3.19. The standard InChI is InChI=1S/C20H26N4O/c1-22(2)12-19-14-23(13-18-7-8-21-24(18)19)20(25)11-15-9-16-5-3-4-6-17(16)10-15/h3-8,15,19H,9-14H2,1-2H3. The molecular formula is C20H26N4O. The Morgan fingerprint density at radius 3 is 2.60 bits per heavy atom. The van der Waals surface area contributed by atoms with Gasteiger partial charge in [-0.25, -0.2) is 0 Å². The zero-order valence-electron chi connectivity index (χ0n) is 15.1. The molecule has 0 bridgehead atoms. The van der Waals surface area contributed by atoms with Gasteiger partial charge in [-0.15, -0.1) is 0 Å². The van der Waals surface area contributed by atoms with Gasteiger partial charge in [0, 0.05) is 25.7 Å². The SMILES string of the molecule is CN(C)CC1CN(C(=O)CC2Cc3ccccc3C2)Cc2ccnn21. The van der Waals surface area contributed by atoms with E-state index in [0.717, 1.165) is 31.6 Å². The summed E-state index contributed by atoms with van der Waals surface area (Å²) >= 11 is 0. The Hall–Kier alpha value is -2.14. The van der Waals surface area contributed by atoms with E-state index in [1.807, 2.05) is 17.2 Å². The van der Waals surface area contributed by atoms with Crippen LogP contribution in [-0.4, -0.2) is 52.7 Å². The van der Waals surface area contributed by atoms with E-state index in [-0.39, 0.29) is 11.9 Å². The molecule has 2 heterocycles. The number of amides is 1. The van der Waals surface area contributed by atoms with Gasteiger partial charge in [0.05, 0.1) is 18.3 Å². The van der Waals surface area contributed by atoms with Crippen LogP contribution < -0.4 is 0 Å². The van der Waals surface area contributed by atoms with E-state index in [1.54, 1.807) is 0 Å². The van der Waals surface area contributed by atoms with Gasteiger partial charge in [-0.3, -0.25) is 9.48 Å². The summed E-state index contributed by atoms with van der Waals surface area (Å²) in [5.74, 6) is 0.734. The number of likely N-dealkylation sites (N-methyl/N-ethyl adjacent to an activating group) is 1. The van der Waals surface area contributed by atoms with Crippen molar-refractivity contribution in [3.8, 4) is 0 Å². The highest BCUT2D eigenvalue weighted by molar-refractivity contribution is 5.76. The predicted molar refractivity (Wildman–Crippen MR) is 97.2 cm³/mol. The smallest absolute Gasteiger partial charge is 0.223 e. The van der Waals surface area contributed by atoms with Crippen molar-refractivity contribution in [2.45, 2.75) is 31.8 Å². The third-order valence-corrected chi connectivity index (χ3v) is 5.41. The zero-order valence-corrected chi connectivity index (χ0v) is 15.1. The molecule has 2 aliphatic rings.